The Kier molecular flexibility index (Phi) is 4.96. The largest absolute Gasteiger partial charge is 0.345 e. The third-order valence-corrected chi connectivity index (χ3v) is 4.86. The van der Waals surface area contributed by atoms with Gasteiger partial charge in [-0.1, -0.05) is 18.2 Å². The summed E-state index contributed by atoms with van der Waals surface area (Å²) in [6.45, 7) is 1.72. The van der Waals surface area contributed by atoms with Crippen molar-refractivity contribution >= 4 is 17.5 Å². The lowest BCUT2D eigenvalue weighted by Gasteiger charge is -2.28. The number of nitrogens with one attached hydrogen (secondary N) is 3. The van der Waals surface area contributed by atoms with Gasteiger partial charge >= 0.3 is 0 Å². The number of carbonyl (C=O) groups excluding carboxylic acids is 2. The summed E-state index contributed by atoms with van der Waals surface area (Å²) in [4.78, 5) is 24.3. The monoisotopic (exact) mass is 315 g/mol. The minimum Gasteiger partial charge on any atom is -0.345 e. The summed E-state index contributed by atoms with van der Waals surface area (Å²) in [5, 5.41) is 9.22. The average molecular weight is 315 g/mol. The number of anilines is 1. The first-order valence-corrected chi connectivity index (χ1v) is 8.51. The summed E-state index contributed by atoms with van der Waals surface area (Å²) in [6.07, 6.45) is 5.15. The number of piperidine rings is 1. The molecule has 0 saturated carbocycles. The minimum atomic E-state index is -0.527. The van der Waals surface area contributed by atoms with Gasteiger partial charge in [-0.15, -0.1) is 0 Å². The lowest BCUT2D eigenvalue weighted by atomic mass is 9.89. The number of hydrogen-bond donors (Lipinski definition) is 3. The van der Waals surface area contributed by atoms with Gasteiger partial charge in [0.05, 0.1) is 0 Å². The van der Waals surface area contributed by atoms with Crippen LogP contribution in [0.5, 0.6) is 0 Å². The summed E-state index contributed by atoms with van der Waals surface area (Å²) >= 11 is 0. The molecule has 2 saturated heterocycles. The van der Waals surface area contributed by atoms with E-state index >= 15 is 0 Å². The average Bonchev–Trinajstić information content (AvgIpc) is 2.87. The molecule has 2 fully saturated rings. The van der Waals surface area contributed by atoms with E-state index in [1.165, 1.54) is 12.8 Å². The van der Waals surface area contributed by atoms with Crippen molar-refractivity contribution in [3.05, 3.63) is 30.3 Å². The topological polar surface area (TPSA) is 70.2 Å². The van der Waals surface area contributed by atoms with E-state index in [4.69, 9.17) is 0 Å². The maximum absolute atomic E-state index is 12.2. The summed E-state index contributed by atoms with van der Waals surface area (Å²) in [5.74, 6) is 0.236. The van der Waals surface area contributed by atoms with Crippen LogP contribution in [0, 0.1) is 5.92 Å². The molecule has 0 aliphatic carbocycles. The Bertz CT molecular complexity index is 549. The fourth-order valence-electron chi connectivity index (χ4n) is 3.74. The van der Waals surface area contributed by atoms with E-state index in [0.29, 0.717) is 24.4 Å². The first kappa shape index (κ1) is 16.0. The highest BCUT2D eigenvalue weighted by atomic mass is 16.2. The van der Waals surface area contributed by atoms with Crippen LogP contribution in [0.15, 0.2) is 30.3 Å². The summed E-state index contributed by atoms with van der Waals surface area (Å²) in [6, 6.07) is 9.94. The van der Waals surface area contributed by atoms with Crippen LogP contribution in [-0.2, 0) is 9.59 Å². The third kappa shape index (κ3) is 4.32. The molecule has 0 spiro atoms. The molecule has 2 aliphatic rings. The number of rotatable bonds is 5. The van der Waals surface area contributed by atoms with E-state index in [0.717, 1.165) is 18.5 Å². The molecule has 2 amide bonds. The van der Waals surface area contributed by atoms with Crippen LogP contribution < -0.4 is 16.0 Å². The Labute approximate surface area is 137 Å². The van der Waals surface area contributed by atoms with Gasteiger partial charge in [0.2, 0.25) is 11.8 Å². The van der Waals surface area contributed by atoms with E-state index in [-0.39, 0.29) is 11.8 Å². The Morgan fingerprint density at radius 3 is 2.48 bits per heavy atom. The fraction of sp³-hybridized carbons (Fsp3) is 0.556. The van der Waals surface area contributed by atoms with Crippen molar-refractivity contribution in [3.8, 4) is 0 Å². The standard InChI is InChI=1S/C18H25N3O2/c1-12(18(23)21-14-5-3-2-4-6-14)19-17(22)11-13-9-15-7-8-16(10-13)20-15/h2-6,12-13,15-16,20H,7-11H2,1H3,(H,19,22)(H,21,23). The first-order valence-electron chi connectivity index (χ1n) is 8.51. The van der Waals surface area contributed by atoms with Gasteiger partial charge < -0.3 is 16.0 Å². The molecule has 2 heterocycles. The predicted molar refractivity (Wildman–Crippen MR) is 90.0 cm³/mol. The SMILES string of the molecule is CC(NC(=O)CC1CC2CCC(C1)N2)C(=O)Nc1ccccc1. The van der Waals surface area contributed by atoms with E-state index in [1.807, 2.05) is 30.3 Å². The molecule has 23 heavy (non-hydrogen) atoms. The molecule has 5 heteroatoms. The van der Waals surface area contributed by atoms with E-state index in [2.05, 4.69) is 16.0 Å². The van der Waals surface area contributed by atoms with Gasteiger partial charge in [-0.05, 0) is 50.7 Å². The maximum Gasteiger partial charge on any atom is 0.246 e. The minimum absolute atomic E-state index is 0.0213. The highest BCUT2D eigenvalue weighted by Gasteiger charge is 2.34. The van der Waals surface area contributed by atoms with Crippen LogP contribution in [0.2, 0.25) is 0 Å². The first-order chi connectivity index (χ1) is 11.1. The molecule has 3 atom stereocenters. The molecule has 3 unspecified atom stereocenters. The van der Waals surface area contributed by atoms with Gasteiger partial charge in [0, 0.05) is 24.2 Å². The zero-order valence-electron chi connectivity index (χ0n) is 13.5. The number of fused-ring (bicyclic) bond motifs is 2. The second-order valence-electron chi connectivity index (χ2n) is 6.82. The fourth-order valence-corrected chi connectivity index (χ4v) is 3.74. The van der Waals surface area contributed by atoms with Crippen molar-refractivity contribution in [3.63, 3.8) is 0 Å². The summed E-state index contributed by atoms with van der Waals surface area (Å²) < 4.78 is 0. The lowest BCUT2D eigenvalue weighted by molar-refractivity contribution is -0.127. The van der Waals surface area contributed by atoms with Gasteiger partial charge in [-0.3, -0.25) is 9.59 Å². The number of carbonyl (C=O) groups is 2. The molecule has 3 N–H and O–H groups in total. The van der Waals surface area contributed by atoms with Crippen molar-refractivity contribution in [1.29, 1.82) is 0 Å². The Balaban J connectivity index is 1.44. The Morgan fingerprint density at radius 2 is 1.83 bits per heavy atom. The summed E-state index contributed by atoms with van der Waals surface area (Å²) in [5.41, 5.74) is 0.744. The predicted octanol–water partition coefficient (Wildman–Crippen LogP) is 2.05. The van der Waals surface area contributed by atoms with Crippen molar-refractivity contribution in [2.75, 3.05) is 5.32 Å². The summed E-state index contributed by atoms with van der Waals surface area (Å²) in [7, 11) is 0. The van der Waals surface area contributed by atoms with Crippen molar-refractivity contribution < 1.29 is 9.59 Å². The van der Waals surface area contributed by atoms with Crippen LogP contribution in [0.1, 0.15) is 39.0 Å². The van der Waals surface area contributed by atoms with Crippen LogP contribution in [0.4, 0.5) is 5.69 Å². The quantitative estimate of drug-likeness (QED) is 0.779. The van der Waals surface area contributed by atoms with Crippen molar-refractivity contribution in [1.82, 2.24) is 10.6 Å². The number of hydrogen-bond acceptors (Lipinski definition) is 3. The molecule has 2 aliphatic heterocycles. The highest BCUT2D eigenvalue weighted by Crippen LogP contribution is 2.32. The van der Waals surface area contributed by atoms with E-state index < -0.39 is 6.04 Å². The second-order valence-corrected chi connectivity index (χ2v) is 6.82. The number of amides is 2. The van der Waals surface area contributed by atoms with Crippen molar-refractivity contribution in [2.24, 2.45) is 5.92 Å². The third-order valence-electron chi connectivity index (χ3n) is 4.86. The molecule has 5 nitrogen and oxygen atoms in total. The van der Waals surface area contributed by atoms with Crippen LogP contribution in [0.3, 0.4) is 0 Å². The maximum atomic E-state index is 12.2. The molecule has 3 rings (SSSR count). The van der Waals surface area contributed by atoms with Crippen LogP contribution in [0.25, 0.3) is 0 Å². The van der Waals surface area contributed by atoms with Gasteiger partial charge in [0.1, 0.15) is 6.04 Å². The Hall–Kier alpha value is -1.88. The smallest absolute Gasteiger partial charge is 0.246 e. The molecular formula is C18H25N3O2. The normalized spacial score (nSPS) is 27.3. The zero-order chi connectivity index (χ0) is 16.2. The van der Waals surface area contributed by atoms with Gasteiger partial charge in [0.15, 0.2) is 0 Å². The molecule has 2 bridgehead atoms. The molecular weight excluding hydrogens is 290 g/mol. The van der Waals surface area contributed by atoms with Crippen LogP contribution in [-0.4, -0.2) is 29.9 Å². The van der Waals surface area contributed by atoms with Gasteiger partial charge in [-0.2, -0.15) is 0 Å². The highest BCUT2D eigenvalue weighted by molar-refractivity contribution is 5.96. The Morgan fingerprint density at radius 1 is 1.17 bits per heavy atom. The van der Waals surface area contributed by atoms with Crippen LogP contribution >= 0.6 is 0 Å². The zero-order valence-corrected chi connectivity index (χ0v) is 13.5. The van der Waals surface area contributed by atoms with E-state index in [1.54, 1.807) is 6.92 Å². The van der Waals surface area contributed by atoms with E-state index in [9.17, 15) is 9.59 Å². The molecule has 0 aromatic heterocycles. The number of benzene rings is 1. The molecule has 1 aromatic rings. The van der Waals surface area contributed by atoms with Gasteiger partial charge in [0.25, 0.3) is 0 Å². The van der Waals surface area contributed by atoms with Crippen molar-refractivity contribution in [2.45, 2.75) is 57.2 Å². The lowest BCUT2D eigenvalue weighted by Crippen LogP contribution is -2.44. The molecule has 0 radical (unpaired) electrons. The number of para-hydroxylation sites is 1. The molecule has 124 valence electrons. The second kappa shape index (κ2) is 7.13. The molecule has 1 aromatic carbocycles. The van der Waals surface area contributed by atoms with Gasteiger partial charge in [-0.25, -0.2) is 0 Å².